The van der Waals surface area contributed by atoms with Crippen LogP contribution >= 0.6 is 0 Å². The molecule has 1 aromatic heterocycles. The number of rotatable bonds is 3. The third kappa shape index (κ3) is 2.73. The molecule has 1 unspecified atom stereocenters. The van der Waals surface area contributed by atoms with Crippen molar-refractivity contribution >= 4 is 17.6 Å². The van der Waals surface area contributed by atoms with Crippen molar-refractivity contribution in [2.75, 3.05) is 14.1 Å². The predicted molar refractivity (Wildman–Crippen MR) is 85.8 cm³/mol. The van der Waals surface area contributed by atoms with Gasteiger partial charge in [0.25, 0.3) is 17.8 Å². The van der Waals surface area contributed by atoms with E-state index >= 15 is 0 Å². The second kappa shape index (κ2) is 6.45. The van der Waals surface area contributed by atoms with E-state index in [1.54, 1.807) is 6.07 Å². The first-order chi connectivity index (χ1) is 12.7. The standard InChI is InChI=1S/C17H12F4N4O2/c1-25(2)16-23-15(27)17(24-16,12(26)8-6-4-3-5-7-8)9-10(18)13(20)22-14(21)11(9)19/h3-7H,1-2H3,(H,23,24,27). The first-order valence-electron chi connectivity index (χ1n) is 7.59. The highest BCUT2D eigenvalue weighted by atomic mass is 19.2. The fourth-order valence-corrected chi connectivity index (χ4v) is 2.70. The number of ketones is 1. The van der Waals surface area contributed by atoms with Gasteiger partial charge in [-0.1, -0.05) is 30.3 Å². The van der Waals surface area contributed by atoms with Gasteiger partial charge in [-0.05, 0) is 0 Å². The number of amides is 1. The summed E-state index contributed by atoms with van der Waals surface area (Å²) in [6.07, 6.45) is 0. The second-order valence-corrected chi connectivity index (χ2v) is 5.90. The predicted octanol–water partition coefficient (Wildman–Crippen LogP) is 1.76. The largest absolute Gasteiger partial charge is 0.349 e. The van der Waals surface area contributed by atoms with Gasteiger partial charge in [-0.3, -0.25) is 9.59 Å². The molecule has 1 aromatic carbocycles. The van der Waals surface area contributed by atoms with Gasteiger partial charge < -0.3 is 10.2 Å². The minimum absolute atomic E-state index is 0.120. The Kier molecular flexibility index (Phi) is 4.42. The highest BCUT2D eigenvalue weighted by Crippen LogP contribution is 2.35. The number of hydrogen-bond acceptors (Lipinski definition) is 5. The van der Waals surface area contributed by atoms with Crippen LogP contribution in [0.15, 0.2) is 35.3 Å². The molecule has 1 atom stereocenters. The minimum atomic E-state index is -2.82. The van der Waals surface area contributed by atoms with Gasteiger partial charge in [-0.25, -0.2) is 8.78 Å². The zero-order chi connectivity index (χ0) is 19.9. The van der Waals surface area contributed by atoms with Crippen molar-refractivity contribution in [2.45, 2.75) is 5.54 Å². The molecule has 27 heavy (non-hydrogen) atoms. The molecular weight excluding hydrogens is 368 g/mol. The quantitative estimate of drug-likeness (QED) is 0.380. The van der Waals surface area contributed by atoms with Crippen LogP contribution in [-0.2, 0) is 10.3 Å². The summed E-state index contributed by atoms with van der Waals surface area (Å²) in [6.45, 7) is 0. The number of pyridine rings is 1. The van der Waals surface area contributed by atoms with E-state index in [1.807, 2.05) is 0 Å². The molecule has 1 aliphatic rings. The Morgan fingerprint density at radius 2 is 1.59 bits per heavy atom. The van der Waals surface area contributed by atoms with E-state index in [1.165, 1.54) is 43.3 Å². The second-order valence-electron chi connectivity index (χ2n) is 5.90. The summed E-state index contributed by atoms with van der Waals surface area (Å²) in [7, 11) is 2.89. The van der Waals surface area contributed by atoms with E-state index in [2.05, 4.69) is 15.3 Å². The first-order valence-corrected chi connectivity index (χ1v) is 7.59. The van der Waals surface area contributed by atoms with E-state index in [0.29, 0.717) is 0 Å². The van der Waals surface area contributed by atoms with Crippen LogP contribution in [-0.4, -0.2) is 41.6 Å². The number of aliphatic imine (C=N–C) groups is 1. The van der Waals surface area contributed by atoms with Gasteiger partial charge >= 0.3 is 0 Å². The number of carbonyl (C=O) groups is 2. The van der Waals surface area contributed by atoms with Crippen LogP contribution in [0.1, 0.15) is 15.9 Å². The third-order valence-electron chi connectivity index (χ3n) is 4.00. The zero-order valence-electron chi connectivity index (χ0n) is 14.1. The fourth-order valence-electron chi connectivity index (χ4n) is 2.70. The highest BCUT2D eigenvalue weighted by Gasteiger charge is 2.56. The maximum Gasteiger partial charge on any atom is 0.287 e. The van der Waals surface area contributed by atoms with Crippen molar-refractivity contribution in [2.24, 2.45) is 4.99 Å². The number of Topliss-reactive ketones (excluding diaryl/α,β-unsaturated/α-hetero) is 1. The molecule has 1 N–H and O–H groups in total. The lowest BCUT2D eigenvalue weighted by atomic mass is 9.82. The Morgan fingerprint density at radius 3 is 2.07 bits per heavy atom. The summed E-state index contributed by atoms with van der Waals surface area (Å²) < 4.78 is 56.3. The Hall–Kier alpha value is -3.30. The van der Waals surface area contributed by atoms with Gasteiger partial charge in [0.1, 0.15) is 0 Å². The molecule has 0 spiro atoms. The molecule has 2 aromatic rings. The molecule has 6 nitrogen and oxygen atoms in total. The number of hydrogen-bond donors (Lipinski definition) is 1. The summed E-state index contributed by atoms with van der Waals surface area (Å²) in [4.78, 5) is 33.1. The minimum Gasteiger partial charge on any atom is -0.349 e. The van der Waals surface area contributed by atoms with Crippen LogP contribution in [0.25, 0.3) is 0 Å². The van der Waals surface area contributed by atoms with Crippen molar-refractivity contribution in [1.29, 1.82) is 0 Å². The average molecular weight is 380 g/mol. The van der Waals surface area contributed by atoms with Crippen LogP contribution in [0.2, 0.25) is 0 Å². The molecule has 0 radical (unpaired) electrons. The van der Waals surface area contributed by atoms with E-state index in [-0.39, 0.29) is 11.5 Å². The van der Waals surface area contributed by atoms with Gasteiger partial charge in [0.05, 0.1) is 5.56 Å². The molecule has 3 rings (SSSR count). The highest BCUT2D eigenvalue weighted by molar-refractivity contribution is 6.24. The molecule has 0 aliphatic carbocycles. The maximum atomic E-state index is 14.5. The van der Waals surface area contributed by atoms with Crippen molar-refractivity contribution in [3.8, 4) is 0 Å². The van der Waals surface area contributed by atoms with Crippen LogP contribution in [0.3, 0.4) is 0 Å². The Labute approximate surface area is 150 Å². The smallest absolute Gasteiger partial charge is 0.287 e. The topological polar surface area (TPSA) is 74.7 Å². The Bertz CT molecular complexity index is 952. The molecule has 1 amide bonds. The van der Waals surface area contributed by atoms with Crippen molar-refractivity contribution in [1.82, 2.24) is 15.2 Å². The lowest BCUT2D eigenvalue weighted by Crippen LogP contribution is -2.55. The van der Waals surface area contributed by atoms with Crippen LogP contribution in [0.5, 0.6) is 0 Å². The third-order valence-corrected chi connectivity index (χ3v) is 4.00. The molecule has 0 bridgehead atoms. The summed E-state index contributed by atoms with van der Waals surface area (Å²) in [5.41, 5.74) is -4.38. The molecule has 140 valence electrons. The number of nitrogens with one attached hydrogen (secondary N) is 1. The van der Waals surface area contributed by atoms with E-state index in [0.717, 1.165) is 0 Å². The van der Waals surface area contributed by atoms with E-state index < -0.39 is 46.3 Å². The summed E-state index contributed by atoms with van der Waals surface area (Å²) in [5.74, 6) is -10.6. The van der Waals surface area contributed by atoms with E-state index in [4.69, 9.17) is 0 Å². The average Bonchev–Trinajstić information content (AvgIpc) is 2.99. The summed E-state index contributed by atoms with van der Waals surface area (Å²) in [6, 6.07) is 7.05. The van der Waals surface area contributed by atoms with Crippen LogP contribution in [0, 0.1) is 23.5 Å². The normalized spacial score (nSPS) is 18.9. The molecule has 10 heteroatoms. The first kappa shape index (κ1) is 18.5. The molecule has 2 heterocycles. The number of benzene rings is 1. The lowest BCUT2D eigenvalue weighted by Gasteiger charge is -2.28. The molecule has 0 saturated heterocycles. The van der Waals surface area contributed by atoms with Gasteiger partial charge in [-0.15, -0.1) is 0 Å². The zero-order valence-corrected chi connectivity index (χ0v) is 14.1. The Balaban J connectivity index is 2.32. The van der Waals surface area contributed by atoms with Crippen molar-refractivity contribution in [3.63, 3.8) is 0 Å². The number of nitrogens with zero attached hydrogens (tertiary/aromatic N) is 3. The van der Waals surface area contributed by atoms with Crippen molar-refractivity contribution < 1.29 is 27.2 Å². The van der Waals surface area contributed by atoms with Gasteiger partial charge in [0.15, 0.2) is 11.6 Å². The number of guanidine groups is 1. The SMILES string of the molecule is CN(C)C1=NC(=O)C(C(=O)c2ccccc2)(c2c(F)c(F)nc(F)c2F)N1. The van der Waals surface area contributed by atoms with Crippen molar-refractivity contribution in [3.05, 3.63) is 65.0 Å². The van der Waals surface area contributed by atoms with Crippen LogP contribution < -0.4 is 5.32 Å². The van der Waals surface area contributed by atoms with Crippen LogP contribution in [0.4, 0.5) is 17.6 Å². The molecule has 0 saturated carbocycles. The number of halogens is 4. The Morgan fingerprint density at radius 1 is 1.04 bits per heavy atom. The molecular formula is C17H12F4N4O2. The number of carbonyl (C=O) groups excluding carboxylic acids is 2. The maximum absolute atomic E-state index is 14.5. The fraction of sp³-hybridized carbons (Fsp3) is 0.176. The summed E-state index contributed by atoms with van der Waals surface area (Å²) >= 11 is 0. The van der Waals surface area contributed by atoms with Gasteiger partial charge in [-0.2, -0.15) is 18.8 Å². The van der Waals surface area contributed by atoms with Gasteiger partial charge in [0.2, 0.25) is 17.3 Å². The lowest BCUT2D eigenvalue weighted by molar-refractivity contribution is -0.121. The molecule has 0 fully saturated rings. The monoisotopic (exact) mass is 380 g/mol. The van der Waals surface area contributed by atoms with Gasteiger partial charge in [0, 0.05) is 19.7 Å². The summed E-state index contributed by atoms with van der Waals surface area (Å²) in [5, 5.41) is 2.34. The number of aromatic nitrogens is 1. The van der Waals surface area contributed by atoms with E-state index in [9.17, 15) is 27.2 Å². The molecule has 1 aliphatic heterocycles.